The van der Waals surface area contributed by atoms with Crippen LogP contribution in [0, 0.1) is 5.92 Å². The van der Waals surface area contributed by atoms with Gasteiger partial charge in [0.2, 0.25) is 21.5 Å². The van der Waals surface area contributed by atoms with Gasteiger partial charge in [0.05, 0.1) is 43.0 Å². The summed E-state index contributed by atoms with van der Waals surface area (Å²) in [6.07, 6.45) is -2.43. The van der Waals surface area contributed by atoms with Crippen molar-refractivity contribution < 1.29 is 31.4 Å². The van der Waals surface area contributed by atoms with Gasteiger partial charge in [0, 0.05) is 25.1 Å². The first-order valence-electron chi connectivity index (χ1n) is 9.32. The summed E-state index contributed by atoms with van der Waals surface area (Å²) in [5, 5.41) is 14.4. The SMILES string of the molecule is C[C@H]1Cn2nc(OCC3CN(S(C)(=O)=O)C3)cc2-c2cnc(C(C)(O)C(F)(F)F)n21. The fourth-order valence-electron chi connectivity index (χ4n) is 3.73. The van der Waals surface area contributed by atoms with Gasteiger partial charge in [0.1, 0.15) is 0 Å². The average Bonchev–Trinajstić information content (AvgIpc) is 3.15. The van der Waals surface area contributed by atoms with Gasteiger partial charge in [-0.05, 0) is 13.8 Å². The van der Waals surface area contributed by atoms with Crippen LogP contribution in [0.2, 0.25) is 0 Å². The third kappa shape index (κ3) is 3.38. The number of alkyl halides is 3. The summed E-state index contributed by atoms with van der Waals surface area (Å²) >= 11 is 0. The Balaban J connectivity index is 1.54. The molecule has 2 aliphatic rings. The molecule has 0 saturated carbocycles. The molecule has 1 fully saturated rings. The number of halogens is 3. The lowest BCUT2D eigenvalue weighted by atomic mass is 10.0. The molecule has 4 heterocycles. The fourth-order valence-corrected chi connectivity index (χ4v) is 4.69. The number of hydrogen-bond donors (Lipinski definition) is 1. The summed E-state index contributed by atoms with van der Waals surface area (Å²) in [7, 11) is -3.20. The van der Waals surface area contributed by atoms with Crippen LogP contribution in [0.4, 0.5) is 13.2 Å². The van der Waals surface area contributed by atoms with Crippen LogP contribution in [0.1, 0.15) is 25.7 Å². The first-order valence-corrected chi connectivity index (χ1v) is 11.2. The Labute approximate surface area is 171 Å². The van der Waals surface area contributed by atoms with E-state index in [1.54, 1.807) is 17.7 Å². The molecule has 2 aromatic heterocycles. The highest BCUT2D eigenvalue weighted by Gasteiger charge is 2.55. The van der Waals surface area contributed by atoms with E-state index in [9.17, 15) is 26.7 Å². The van der Waals surface area contributed by atoms with Gasteiger partial charge < -0.3 is 14.4 Å². The molecule has 1 N–H and O–H groups in total. The third-order valence-corrected chi connectivity index (χ3v) is 6.78. The summed E-state index contributed by atoms with van der Waals surface area (Å²) in [6, 6.07) is 1.19. The molecule has 0 spiro atoms. The first kappa shape index (κ1) is 21.1. The van der Waals surface area contributed by atoms with Crippen LogP contribution < -0.4 is 4.74 Å². The average molecular weight is 449 g/mol. The van der Waals surface area contributed by atoms with Gasteiger partial charge in [-0.15, -0.1) is 5.10 Å². The predicted molar refractivity (Wildman–Crippen MR) is 99.2 cm³/mol. The standard InChI is InChI=1S/C17H22F3N5O4S/c1-10-6-24-12(13-5-21-15(25(10)13)16(2,26)17(18,19)20)4-14(22-24)29-9-11-7-23(8-11)30(3,27)28/h4-5,10-11,26H,6-9H2,1-3H3/t10-,16?/m0/s1. The molecule has 1 saturated heterocycles. The van der Waals surface area contributed by atoms with Crippen LogP contribution in [0.25, 0.3) is 11.4 Å². The molecule has 0 radical (unpaired) electrons. The highest BCUT2D eigenvalue weighted by Crippen LogP contribution is 2.42. The van der Waals surface area contributed by atoms with E-state index in [0.29, 0.717) is 37.3 Å². The summed E-state index contributed by atoms with van der Waals surface area (Å²) in [5.74, 6) is -0.118. The zero-order valence-corrected chi connectivity index (χ0v) is 17.4. The molecule has 2 aromatic rings. The number of fused-ring (bicyclic) bond motifs is 3. The largest absolute Gasteiger partial charge is 0.476 e. The molecule has 30 heavy (non-hydrogen) atoms. The van der Waals surface area contributed by atoms with Crippen molar-refractivity contribution in [1.29, 1.82) is 0 Å². The topological polar surface area (TPSA) is 102 Å². The van der Waals surface area contributed by atoms with Crippen LogP contribution in [0.5, 0.6) is 5.88 Å². The minimum Gasteiger partial charge on any atom is -0.476 e. The maximum absolute atomic E-state index is 13.3. The first-order chi connectivity index (χ1) is 13.8. The molecule has 0 aliphatic carbocycles. The van der Waals surface area contributed by atoms with E-state index >= 15 is 0 Å². The lowest BCUT2D eigenvalue weighted by Gasteiger charge is -2.36. The lowest BCUT2D eigenvalue weighted by molar-refractivity contribution is -0.262. The fraction of sp³-hybridized carbons (Fsp3) is 0.647. The van der Waals surface area contributed by atoms with E-state index in [-0.39, 0.29) is 19.1 Å². The molecule has 0 aromatic carbocycles. The van der Waals surface area contributed by atoms with Crippen molar-refractivity contribution in [1.82, 2.24) is 23.6 Å². The molecule has 0 amide bonds. The second-order valence-corrected chi connectivity index (χ2v) is 10.0. The summed E-state index contributed by atoms with van der Waals surface area (Å²) in [4.78, 5) is 3.87. The molecule has 9 nitrogen and oxygen atoms in total. The van der Waals surface area contributed by atoms with Gasteiger partial charge in [0.15, 0.2) is 5.82 Å². The van der Waals surface area contributed by atoms with E-state index in [1.165, 1.54) is 15.1 Å². The molecule has 2 atom stereocenters. The number of nitrogens with zero attached hydrogens (tertiary/aromatic N) is 5. The lowest BCUT2D eigenvalue weighted by Crippen LogP contribution is -2.51. The quantitative estimate of drug-likeness (QED) is 0.740. The zero-order valence-electron chi connectivity index (χ0n) is 16.6. The van der Waals surface area contributed by atoms with Crippen LogP contribution in [-0.4, -0.2) is 69.3 Å². The second-order valence-electron chi connectivity index (χ2n) is 8.06. The number of hydrogen-bond acceptors (Lipinski definition) is 6. The summed E-state index contributed by atoms with van der Waals surface area (Å²) < 4.78 is 72.9. The van der Waals surface area contributed by atoms with Crippen LogP contribution in [0.15, 0.2) is 12.3 Å². The Morgan fingerprint density at radius 2 is 1.93 bits per heavy atom. The van der Waals surface area contributed by atoms with Crippen molar-refractivity contribution in [3.8, 4) is 17.3 Å². The van der Waals surface area contributed by atoms with Crippen molar-refractivity contribution in [2.45, 2.75) is 38.2 Å². The van der Waals surface area contributed by atoms with Crippen LogP contribution in [0.3, 0.4) is 0 Å². The Morgan fingerprint density at radius 3 is 2.53 bits per heavy atom. The highest BCUT2D eigenvalue weighted by atomic mass is 32.2. The van der Waals surface area contributed by atoms with Crippen LogP contribution in [-0.2, 0) is 22.2 Å². The highest BCUT2D eigenvalue weighted by molar-refractivity contribution is 7.88. The number of ether oxygens (including phenoxy) is 1. The van der Waals surface area contributed by atoms with Crippen molar-refractivity contribution >= 4 is 10.0 Å². The maximum Gasteiger partial charge on any atom is 0.424 e. The van der Waals surface area contributed by atoms with E-state index in [0.717, 1.165) is 6.26 Å². The number of aromatic nitrogens is 4. The molecule has 2 aliphatic heterocycles. The van der Waals surface area contributed by atoms with E-state index < -0.39 is 33.7 Å². The van der Waals surface area contributed by atoms with Gasteiger partial charge in [-0.25, -0.2) is 17.7 Å². The van der Waals surface area contributed by atoms with Crippen molar-refractivity contribution in [3.05, 3.63) is 18.1 Å². The van der Waals surface area contributed by atoms with E-state index in [1.807, 2.05) is 0 Å². The molecule has 13 heteroatoms. The van der Waals surface area contributed by atoms with Gasteiger partial charge in [-0.3, -0.25) is 4.68 Å². The second kappa shape index (κ2) is 6.69. The molecule has 166 valence electrons. The Kier molecular flexibility index (Phi) is 4.71. The van der Waals surface area contributed by atoms with E-state index in [2.05, 4.69) is 10.1 Å². The molecular formula is C17H22F3N5O4S. The minimum atomic E-state index is -4.87. The number of imidazole rings is 1. The number of rotatable bonds is 5. The normalized spacial score (nSPS) is 22.2. The van der Waals surface area contributed by atoms with E-state index in [4.69, 9.17) is 4.74 Å². The molecule has 0 bridgehead atoms. The van der Waals surface area contributed by atoms with Gasteiger partial charge in [0.25, 0.3) is 0 Å². The maximum atomic E-state index is 13.3. The van der Waals surface area contributed by atoms with Gasteiger partial charge in [-0.2, -0.15) is 13.2 Å². The Morgan fingerprint density at radius 1 is 1.27 bits per heavy atom. The van der Waals surface area contributed by atoms with Crippen molar-refractivity contribution in [3.63, 3.8) is 0 Å². The summed E-state index contributed by atoms with van der Waals surface area (Å²) in [6.45, 7) is 3.74. The smallest absolute Gasteiger partial charge is 0.424 e. The summed E-state index contributed by atoms with van der Waals surface area (Å²) in [5.41, 5.74) is -2.15. The molecular weight excluding hydrogens is 427 g/mol. The Bertz CT molecular complexity index is 1070. The third-order valence-electron chi connectivity index (χ3n) is 5.54. The van der Waals surface area contributed by atoms with Crippen molar-refractivity contribution in [2.24, 2.45) is 5.92 Å². The van der Waals surface area contributed by atoms with Crippen LogP contribution >= 0.6 is 0 Å². The van der Waals surface area contributed by atoms with Gasteiger partial charge in [-0.1, -0.05) is 0 Å². The van der Waals surface area contributed by atoms with Gasteiger partial charge >= 0.3 is 6.18 Å². The molecule has 1 unspecified atom stereocenters. The van der Waals surface area contributed by atoms with Crippen molar-refractivity contribution in [2.75, 3.05) is 26.0 Å². The Hall–Kier alpha value is -2.12. The molecule has 4 rings (SSSR count). The zero-order chi connectivity index (χ0) is 22.1. The number of aliphatic hydroxyl groups is 1. The monoisotopic (exact) mass is 449 g/mol. The predicted octanol–water partition coefficient (Wildman–Crippen LogP) is 1.36. The minimum absolute atomic E-state index is 0.0522. The number of sulfonamides is 1.